The molecule has 4 nitrogen and oxygen atoms in total. The summed E-state index contributed by atoms with van der Waals surface area (Å²) in [6, 6.07) is 16.7. The first kappa shape index (κ1) is 16.7. The SMILES string of the molecule is CCCCCOc1ccccc1C=NNC(=O)c1ccccc1. The molecular weight excluding hydrogens is 288 g/mol. The van der Waals surface area contributed by atoms with Crippen molar-refractivity contribution >= 4 is 12.1 Å². The van der Waals surface area contributed by atoms with Crippen molar-refractivity contribution in [3.63, 3.8) is 0 Å². The number of unbranched alkanes of at least 4 members (excludes halogenated alkanes) is 2. The van der Waals surface area contributed by atoms with Gasteiger partial charge < -0.3 is 4.74 Å². The number of hydrogen-bond acceptors (Lipinski definition) is 3. The van der Waals surface area contributed by atoms with Crippen LogP contribution in [-0.2, 0) is 0 Å². The van der Waals surface area contributed by atoms with Crippen LogP contribution in [0.15, 0.2) is 59.7 Å². The molecule has 120 valence electrons. The molecule has 0 saturated heterocycles. The number of carbonyl (C=O) groups is 1. The summed E-state index contributed by atoms with van der Waals surface area (Å²) in [5.41, 5.74) is 3.95. The molecule has 0 fully saturated rings. The van der Waals surface area contributed by atoms with E-state index in [-0.39, 0.29) is 5.91 Å². The largest absolute Gasteiger partial charge is 0.493 e. The highest BCUT2D eigenvalue weighted by molar-refractivity contribution is 5.95. The van der Waals surface area contributed by atoms with E-state index in [1.54, 1.807) is 18.3 Å². The second-order valence-corrected chi connectivity index (χ2v) is 5.16. The maximum Gasteiger partial charge on any atom is 0.271 e. The molecule has 2 rings (SSSR count). The third-order valence-corrected chi connectivity index (χ3v) is 3.33. The van der Waals surface area contributed by atoms with Gasteiger partial charge in [0.15, 0.2) is 0 Å². The zero-order valence-corrected chi connectivity index (χ0v) is 13.4. The molecular formula is C19H22N2O2. The summed E-state index contributed by atoms with van der Waals surface area (Å²) < 4.78 is 5.78. The van der Waals surface area contributed by atoms with E-state index in [4.69, 9.17) is 4.74 Å². The lowest BCUT2D eigenvalue weighted by Crippen LogP contribution is -2.17. The van der Waals surface area contributed by atoms with Gasteiger partial charge >= 0.3 is 0 Å². The quantitative estimate of drug-likeness (QED) is 0.455. The number of nitrogens with zero attached hydrogens (tertiary/aromatic N) is 1. The first-order chi connectivity index (χ1) is 11.3. The Labute approximate surface area is 137 Å². The van der Waals surface area contributed by atoms with Crippen LogP contribution in [0.3, 0.4) is 0 Å². The maximum atomic E-state index is 11.9. The van der Waals surface area contributed by atoms with E-state index in [9.17, 15) is 4.79 Å². The summed E-state index contributed by atoms with van der Waals surface area (Å²) in [6.45, 7) is 2.85. The highest BCUT2D eigenvalue weighted by atomic mass is 16.5. The second kappa shape index (κ2) is 9.41. The van der Waals surface area contributed by atoms with Crippen molar-refractivity contribution in [3.8, 4) is 5.75 Å². The lowest BCUT2D eigenvalue weighted by atomic mass is 10.2. The minimum atomic E-state index is -0.233. The molecule has 0 atom stereocenters. The van der Waals surface area contributed by atoms with Gasteiger partial charge in [-0.1, -0.05) is 50.1 Å². The second-order valence-electron chi connectivity index (χ2n) is 5.16. The summed E-state index contributed by atoms with van der Waals surface area (Å²) in [5, 5.41) is 4.02. The smallest absolute Gasteiger partial charge is 0.271 e. The number of ether oxygens (including phenoxy) is 1. The van der Waals surface area contributed by atoms with Crippen molar-refractivity contribution in [3.05, 3.63) is 65.7 Å². The number of carbonyl (C=O) groups excluding carboxylic acids is 1. The molecule has 23 heavy (non-hydrogen) atoms. The Morgan fingerprint density at radius 2 is 1.83 bits per heavy atom. The number of rotatable bonds is 8. The summed E-state index contributed by atoms with van der Waals surface area (Å²) in [4.78, 5) is 11.9. The number of amides is 1. The van der Waals surface area contributed by atoms with Crippen LogP contribution in [0.2, 0.25) is 0 Å². The summed E-state index contributed by atoms with van der Waals surface area (Å²) in [5.74, 6) is 0.546. The van der Waals surface area contributed by atoms with Gasteiger partial charge in [-0.15, -0.1) is 0 Å². The standard InChI is InChI=1S/C19H22N2O2/c1-2-3-9-14-23-18-13-8-7-12-17(18)15-20-21-19(22)16-10-5-4-6-11-16/h4-8,10-13,15H,2-3,9,14H2,1H3,(H,21,22). The molecule has 0 spiro atoms. The number of benzene rings is 2. The van der Waals surface area contributed by atoms with Crippen molar-refractivity contribution in [2.24, 2.45) is 5.10 Å². The summed E-state index contributed by atoms with van der Waals surface area (Å²) >= 11 is 0. The molecule has 0 unspecified atom stereocenters. The van der Waals surface area contributed by atoms with Crippen molar-refractivity contribution in [2.45, 2.75) is 26.2 Å². The number of hydrazone groups is 1. The topological polar surface area (TPSA) is 50.7 Å². The van der Waals surface area contributed by atoms with Crippen molar-refractivity contribution in [2.75, 3.05) is 6.61 Å². The Kier molecular flexibility index (Phi) is 6.85. The molecule has 0 aromatic heterocycles. The predicted molar refractivity (Wildman–Crippen MR) is 93.0 cm³/mol. The Bertz CT molecular complexity index is 639. The molecule has 0 radical (unpaired) electrons. The summed E-state index contributed by atoms with van der Waals surface area (Å²) in [6.07, 6.45) is 4.96. The zero-order valence-electron chi connectivity index (χ0n) is 13.4. The average molecular weight is 310 g/mol. The van der Waals surface area contributed by atoms with Crippen LogP contribution in [0.1, 0.15) is 42.1 Å². The third kappa shape index (κ3) is 5.58. The van der Waals surface area contributed by atoms with Gasteiger partial charge in [-0.25, -0.2) is 5.43 Å². The van der Waals surface area contributed by atoms with Crippen molar-refractivity contribution in [1.29, 1.82) is 0 Å². The molecule has 2 aromatic rings. The molecule has 2 aromatic carbocycles. The van der Waals surface area contributed by atoms with Gasteiger partial charge in [-0.05, 0) is 30.7 Å². The molecule has 1 N–H and O–H groups in total. The Morgan fingerprint density at radius 1 is 1.09 bits per heavy atom. The van der Waals surface area contributed by atoms with Crippen LogP contribution in [0.25, 0.3) is 0 Å². The van der Waals surface area contributed by atoms with E-state index < -0.39 is 0 Å². The highest BCUT2D eigenvalue weighted by Crippen LogP contribution is 2.16. The first-order valence-corrected chi connectivity index (χ1v) is 7.91. The van der Waals surface area contributed by atoms with Gasteiger partial charge in [-0.2, -0.15) is 5.10 Å². The van der Waals surface area contributed by atoms with Crippen LogP contribution in [0.4, 0.5) is 0 Å². The lowest BCUT2D eigenvalue weighted by molar-refractivity contribution is 0.0955. The average Bonchev–Trinajstić information content (AvgIpc) is 2.60. The molecule has 0 bridgehead atoms. The van der Waals surface area contributed by atoms with Crippen LogP contribution in [-0.4, -0.2) is 18.7 Å². The maximum absolute atomic E-state index is 11.9. The number of para-hydroxylation sites is 1. The molecule has 0 aliphatic carbocycles. The lowest BCUT2D eigenvalue weighted by Gasteiger charge is -2.08. The Hall–Kier alpha value is -2.62. The number of hydrogen-bond donors (Lipinski definition) is 1. The first-order valence-electron chi connectivity index (χ1n) is 7.91. The molecule has 1 amide bonds. The van der Waals surface area contributed by atoms with Gasteiger partial charge in [0.1, 0.15) is 5.75 Å². The van der Waals surface area contributed by atoms with Crippen molar-refractivity contribution in [1.82, 2.24) is 5.43 Å². The normalized spacial score (nSPS) is 10.7. The van der Waals surface area contributed by atoms with E-state index in [1.807, 2.05) is 42.5 Å². The molecule has 0 aliphatic rings. The minimum absolute atomic E-state index is 0.233. The van der Waals surface area contributed by atoms with Gasteiger partial charge in [-0.3, -0.25) is 4.79 Å². The molecule has 0 saturated carbocycles. The van der Waals surface area contributed by atoms with Gasteiger partial charge in [0.05, 0.1) is 12.8 Å². The van der Waals surface area contributed by atoms with E-state index >= 15 is 0 Å². The highest BCUT2D eigenvalue weighted by Gasteiger charge is 2.03. The number of nitrogens with one attached hydrogen (secondary N) is 1. The zero-order chi connectivity index (χ0) is 16.3. The molecule has 4 heteroatoms. The fourth-order valence-corrected chi connectivity index (χ4v) is 2.07. The van der Waals surface area contributed by atoms with E-state index in [0.29, 0.717) is 12.2 Å². The monoisotopic (exact) mass is 310 g/mol. The van der Waals surface area contributed by atoms with E-state index in [1.165, 1.54) is 0 Å². The minimum Gasteiger partial charge on any atom is -0.493 e. The van der Waals surface area contributed by atoms with Crippen LogP contribution < -0.4 is 10.2 Å². The fourth-order valence-electron chi connectivity index (χ4n) is 2.07. The third-order valence-electron chi connectivity index (χ3n) is 3.33. The Morgan fingerprint density at radius 3 is 2.61 bits per heavy atom. The predicted octanol–water partition coefficient (Wildman–Crippen LogP) is 4.02. The van der Waals surface area contributed by atoms with Crippen molar-refractivity contribution < 1.29 is 9.53 Å². The molecule has 0 aliphatic heterocycles. The van der Waals surface area contributed by atoms with E-state index in [0.717, 1.165) is 30.6 Å². The molecule has 0 heterocycles. The van der Waals surface area contributed by atoms with Gasteiger partial charge in [0.25, 0.3) is 5.91 Å². The van der Waals surface area contributed by atoms with Gasteiger partial charge in [0, 0.05) is 11.1 Å². The summed E-state index contributed by atoms with van der Waals surface area (Å²) in [7, 11) is 0. The van der Waals surface area contributed by atoms with E-state index in [2.05, 4.69) is 17.5 Å². The fraction of sp³-hybridized carbons (Fsp3) is 0.263. The van der Waals surface area contributed by atoms with Crippen LogP contribution in [0, 0.1) is 0 Å². The van der Waals surface area contributed by atoms with Crippen LogP contribution >= 0.6 is 0 Å². The van der Waals surface area contributed by atoms with Crippen LogP contribution in [0.5, 0.6) is 5.75 Å². The van der Waals surface area contributed by atoms with Gasteiger partial charge in [0.2, 0.25) is 0 Å². The Balaban J connectivity index is 1.92.